The van der Waals surface area contributed by atoms with Crippen LogP contribution in [0.4, 0.5) is 46.6 Å². The Bertz CT molecular complexity index is 2420. The number of alkyl halides is 5. The predicted octanol–water partition coefficient (Wildman–Crippen LogP) is 10.0. The number of benzene rings is 4. The molecular formula is C37H22ClF8N5O5. The molecule has 0 unspecified atom stereocenters. The molecule has 6 aromatic rings. The maximum Gasteiger partial charge on any atom is 0.586 e. The van der Waals surface area contributed by atoms with Crippen molar-refractivity contribution in [1.29, 1.82) is 0 Å². The van der Waals surface area contributed by atoms with Crippen LogP contribution in [0.25, 0.3) is 22.5 Å². The quantitative estimate of drug-likeness (QED) is 0.159. The predicted molar refractivity (Wildman–Crippen MR) is 184 cm³/mol. The average Bonchev–Trinajstić information content (AvgIpc) is 3.66. The molecule has 1 aliphatic heterocycles. The third-order valence-corrected chi connectivity index (χ3v) is 8.07. The first-order valence-corrected chi connectivity index (χ1v) is 16.2. The van der Waals surface area contributed by atoms with Crippen molar-refractivity contribution in [2.24, 2.45) is 0 Å². The molecule has 0 atom stereocenters. The van der Waals surface area contributed by atoms with Crippen LogP contribution >= 0.6 is 11.6 Å². The van der Waals surface area contributed by atoms with E-state index in [1.54, 1.807) is 13.0 Å². The molecule has 3 heterocycles. The first-order valence-electron chi connectivity index (χ1n) is 15.8. The third kappa shape index (κ3) is 8.54. The fraction of sp³-hybridized carbons (Fsp3) is 0.108. The number of oxazole rings is 1. The first-order chi connectivity index (χ1) is 26.4. The van der Waals surface area contributed by atoms with Gasteiger partial charge in [-0.05, 0) is 55.8 Å². The molecule has 7 rings (SSSR count). The molecule has 0 radical (unpaired) electrons. The van der Waals surface area contributed by atoms with Crippen LogP contribution < -0.4 is 20.1 Å². The molecule has 0 spiro atoms. The summed E-state index contributed by atoms with van der Waals surface area (Å²) in [6.45, 7) is 2.95. The zero-order valence-corrected chi connectivity index (χ0v) is 29.1. The summed E-state index contributed by atoms with van der Waals surface area (Å²) in [5.74, 6) is -6.04. The first kappa shape index (κ1) is 39.1. The SMILES string of the molecule is Cc1cccc(F)c1C(=O)Nc1cnc(-c2cc3c(cc2Cl)OC(F)(F)O3)cn1.Cc1oc(C(F)(F)F)nc1-c1ccc(NC(=O)c2c(F)cccc2F)cc1. The summed E-state index contributed by atoms with van der Waals surface area (Å²) in [4.78, 5) is 36.0. The molecule has 288 valence electrons. The van der Waals surface area contributed by atoms with Crippen LogP contribution in [0.5, 0.6) is 11.5 Å². The number of carbonyl (C=O) groups is 2. The molecule has 10 nitrogen and oxygen atoms in total. The van der Waals surface area contributed by atoms with Crippen molar-refractivity contribution in [1.82, 2.24) is 15.0 Å². The van der Waals surface area contributed by atoms with Crippen molar-refractivity contribution in [3.05, 3.63) is 136 Å². The molecule has 0 saturated heterocycles. The van der Waals surface area contributed by atoms with Gasteiger partial charge in [-0.25, -0.2) is 23.1 Å². The van der Waals surface area contributed by atoms with Crippen LogP contribution in [0.3, 0.4) is 0 Å². The Hall–Kier alpha value is -6.56. The minimum atomic E-state index is -4.71. The number of anilines is 2. The smallest absolute Gasteiger partial charge is 0.438 e. The second kappa shape index (κ2) is 15.3. The molecule has 2 N–H and O–H groups in total. The minimum Gasteiger partial charge on any atom is -0.438 e. The van der Waals surface area contributed by atoms with Crippen molar-refractivity contribution in [2.45, 2.75) is 26.3 Å². The number of rotatable bonds is 6. The van der Waals surface area contributed by atoms with Gasteiger partial charge in [-0.1, -0.05) is 41.9 Å². The lowest BCUT2D eigenvalue weighted by Gasteiger charge is -2.09. The Morgan fingerprint density at radius 2 is 1.36 bits per heavy atom. The normalized spacial score (nSPS) is 12.8. The van der Waals surface area contributed by atoms with E-state index in [1.165, 1.54) is 67.8 Å². The van der Waals surface area contributed by atoms with E-state index >= 15 is 0 Å². The summed E-state index contributed by atoms with van der Waals surface area (Å²) in [5, 5.41) is 4.87. The van der Waals surface area contributed by atoms with Gasteiger partial charge in [-0.2, -0.15) is 13.2 Å². The Kier molecular flexibility index (Phi) is 10.7. The number of hydrogen-bond acceptors (Lipinski definition) is 8. The maximum absolute atomic E-state index is 13.9. The number of halogens is 9. The fourth-order valence-electron chi connectivity index (χ4n) is 5.20. The van der Waals surface area contributed by atoms with Gasteiger partial charge in [0.25, 0.3) is 11.8 Å². The van der Waals surface area contributed by atoms with Gasteiger partial charge >= 0.3 is 18.4 Å². The summed E-state index contributed by atoms with van der Waals surface area (Å²) in [6.07, 6.45) is -5.96. The monoisotopic (exact) mass is 803 g/mol. The second-order valence-electron chi connectivity index (χ2n) is 11.7. The van der Waals surface area contributed by atoms with Crippen LogP contribution in [0, 0.1) is 31.3 Å². The highest BCUT2D eigenvalue weighted by atomic mass is 35.5. The molecular weight excluding hydrogens is 782 g/mol. The van der Waals surface area contributed by atoms with Crippen LogP contribution in [0.1, 0.15) is 37.9 Å². The van der Waals surface area contributed by atoms with Gasteiger partial charge in [-0.15, -0.1) is 8.78 Å². The van der Waals surface area contributed by atoms with Crippen LogP contribution in [-0.4, -0.2) is 33.1 Å². The molecule has 0 aliphatic carbocycles. The molecule has 4 aromatic carbocycles. The average molecular weight is 804 g/mol. The van der Waals surface area contributed by atoms with E-state index in [2.05, 4.69) is 39.5 Å². The lowest BCUT2D eigenvalue weighted by molar-refractivity contribution is -0.286. The molecule has 1 aliphatic rings. The lowest BCUT2D eigenvalue weighted by atomic mass is 10.1. The highest BCUT2D eigenvalue weighted by Crippen LogP contribution is 2.45. The van der Waals surface area contributed by atoms with Gasteiger partial charge in [0.05, 0.1) is 28.7 Å². The Balaban J connectivity index is 0.000000190. The maximum atomic E-state index is 13.9. The van der Waals surface area contributed by atoms with E-state index in [1.807, 2.05) is 0 Å². The zero-order valence-electron chi connectivity index (χ0n) is 28.4. The van der Waals surface area contributed by atoms with Gasteiger partial charge < -0.3 is 24.5 Å². The molecule has 0 saturated carbocycles. The largest absolute Gasteiger partial charge is 0.586 e. The molecule has 2 amide bonds. The molecule has 19 heteroatoms. The summed E-state index contributed by atoms with van der Waals surface area (Å²) in [5.41, 5.74) is 0.683. The summed E-state index contributed by atoms with van der Waals surface area (Å²) in [7, 11) is 0. The van der Waals surface area contributed by atoms with Crippen molar-refractivity contribution < 1.29 is 58.6 Å². The summed E-state index contributed by atoms with van der Waals surface area (Å²) < 4.78 is 119. The van der Waals surface area contributed by atoms with Crippen molar-refractivity contribution >= 4 is 34.9 Å². The van der Waals surface area contributed by atoms with Gasteiger partial charge in [-0.3, -0.25) is 14.6 Å². The van der Waals surface area contributed by atoms with Crippen LogP contribution in [0.15, 0.2) is 89.6 Å². The number of carbonyl (C=O) groups excluding carboxylic acids is 2. The number of aromatic nitrogens is 3. The Labute approximate surface area is 315 Å². The molecule has 0 bridgehead atoms. The molecule has 0 fully saturated rings. The van der Waals surface area contributed by atoms with E-state index in [0.717, 1.165) is 18.2 Å². The number of ether oxygens (including phenoxy) is 2. The Morgan fingerprint density at radius 1 is 0.768 bits per heavy atom. The Morgan fingerprint density at radius 3 is 1.93 bits per heavy atom. The molecule has 56 heavy (non-hydrogen) atoms. The minimum absolute atomic E-state index is 0.000324. The number of hydrogen-bond donors (Lipinski definition) is 2. The zero-order chi connectivity index (χ0) is 40.5. The number of aryl methyl sites for hydroxylation is 2. The lowest BCUT2D eigenvalue weighted by Crippen LogP contribution is -2.25. The van der Waals surface area contributed by atoms with Gasteiger partial charge in [0.2, 0.25) is 0 Å². The highest BCUT2D eigenvalue weighted by molar-refractivity contribution is 6.33. The number of nitrogens with zero attached hydrogens (tertiary/aromatic N) is 3. The van der Waals surface area contributed by atoms with Crippen molar-refractivity contribution in [3.8, 4) is 34.0 Å². The van der Waals surface area contributed by atoms with Crippen molar-refractivity contribution in [2.75, 3.05) is 10.6 Å². The van der Waals surface area contributed by atoms with Crippen LogP contribution in [0.2, 0.25) is 5.02 Å². The number of nitrogens with one attached hydrogen (secondary N) is 2. The fourth-order valence-corrected chi connectivity index (χ4v) is 5.45. The van der Waals surface area contributed by atoms with E-state index < -0.39 is 53.2 Å². The van der Waals surface area contributed by atoms with Gasteiger partial charge in [0.1, 0.15) is 34.5 Å². The van der Waals surface area contributed by atoms with E-state index in [9.17, 15) is 44.7 Å². The van der Waals surface area contributed by atoms with E-state index in [-0.39, 0.29) is 56.3 Å². The van der Waals surface area contributed by atoms with Gasteiger partial charge in [0.15, 0.2) is 17.3 Å². The standard InChI is InChI=1S/C19H11ClF3N3O3.C18H11F5N2O2/c1-9-3-2-4-12(21)17(9)18(27)26-16-8-24-13(7-25-16)10-5-14-15(6-11(10)20)29-19(22,23)28-14;1-9-15(25-17(27-9)18(21,22)23)10-5-7-11(8-6-10)24-16(26)14-12(19)3-2-4-13(14)20/h2-8H,1H3,(H,25,26,27);2-8H,1H3,(H,24,26). The van der Waals surface area contributed by atoms with E-state index in [0.29, 0.717) is 11.1 Å². The summed E-state index contributed by atoms with van der Waals surface area (Å²) >= 11 is 6.11. The van der Waals surface area contributed by atoms with E-state index in [4.69, 9.17) is 11.6 Å². The second-order valence-corrected chi connectivity index (χ2v) is 12.1. The van der Waals surface area contributed by atoms with Crippen molar-refractivity contribution in [3.63, 3.8) is 0 Å². The third-order valence-electron chi connectivity index (χ3n) is 7.75. The summed E-state index contributed by atoms with van der Waals surface area (Å²) in [6, 6.07) is 15.3. The highest BCUT2D eigenvalue weighted by Gasteiger charge is 2.44. The van der Waals surface area contributed by atoms with Crippen LogP contribution in [-0.2, 0) is 6.18 Å². The van der Waals surface area contributed by atoms with Gasteiger partial charge in [0, 0.05) is 22.9 Å². The topological polar surface area (TPSA) is 128 Å². The molecule has 2 aromatic heterocycles. The number of amides is 2. The number of fused-ring (bicyclic) bond motifs is 1.